The highest BCUT2D eigenvalue weighted by Gasteiger charge is 2.53. The van der Waals surface area contributed by atoms with Crippen LogP contribution in [0.2, 0.25) is 0 Å². The predicted molar refractivity (Wildman–Crippen MR) is 69.1 cm³/mol. The minimum Gasteiger partial charge on any atom is -0.328 e. The lowest BCUT2D eigenvalue weighted by Crippen LogP contribution is -2.60. The van der Waals surface area contributed by atoms with Crippen molar-refractivity contribution in [3.05, 3.63) is 0 Å². The Kier molecular flexibility index (Phi) is 3.34. The quantitative estimate of drug-likeness (QED) is 0.732. The lowest BCUT2D eigenvalue weighted by molar-refractivity contribution is 0.0528. The van der Waals surface area contributed by atoms with E-state index in [2.05, 4.69) is 23.6 Å². The first-order chi connectivity index (χ1) is 8.00. The van der Waals surface area contributed by atoms with E-state index in [1.54, 1.807) is 0 Å². The van der Waals surface area contributed by atoms with E-state index in [1.165, 1.54) is 12.8 Å². The smallest absolute Gasteiger partial charge is 0.320 e. The van der Waals surface area contributed by atoms with E-state index in [4.69, 9.17) is 0 Å². The van der Waals surface area contributed by atoms with Crippen LogP contribution in [0.15, 0.2) is 0 Å². The van der Waals surface area contributed by atoms with Gasteiger partial charge in [-0.05, 0) is 33.6 Å². The Hall–Kier alpha value is -0.770. The van der Waals surface area contributed by atoms with Crippen molar-refractivity contribution in [2.45, 2.75) is 45.2 Å². The summed E-state index contributed by atoms with van der Waals surface area (Å²) in [7, 11) is 1.90. The van der Waals surface area contributed by atoms with Crippen LogP contribution in [-0.2, 0) is 0 Å². The van der Waals surface area contributed by atoms with Gasteiger partial charge in [0.05, 0.1) is 5.54 Å². The van der Waals surface area contributed by atoms with Crippen molar-refractivity contribution >= 4 is 6.03 Å². The third-order valence-electron chi connectivity index (χ3n) is 4.27. The van der Waals surface area contributed by atoms with Crippen LogP contribution in [0.1, 0.15) is 33.6 Å². The standard InChI is InChI=1S/C13H25N3O/c1-5-14(4)12(17)16-9-8-15(11(2)3)10-13(16)6-7-13/h11H,5-10H2,1-4H3. The highest BCUT2D eigenvalue weighted by molar-refractivity contribution is 5.75. The first-order valence-corrected chi connectivity index (χ1v) is 6.77. The Morgan fingerprint density at radius 2 is 2.00 bits per heavy atom. The molecule has 2 rings (SSSR count). The van der Waals surface area contributed by atoms with Gasteiger partial charge in [-0.15, -0.1) is 0 Å². The number of piperazine rings is 1. The largest absolute Gasteiger partial charge is 0.328 e. The van der Waals surface area contributed by atoms with Crippen LogP contribution in [0, 0.1) is 0 Å². The Bertz CT molecular complexity index is 299. The fraction of sp³-hybridized carbons (Fsp3) is 0.923. The molecule has 0 aromatic heterocycles. The number of carbonyl (C=O) groups is 1. The molecule has 1 heterocycles. The molecule has 0 aromatic rings. The molecule has 17 heavy (non-hydrogen) atoms. The molecule has 0 bridgehead atoms. The molecule has 1 spiro atoms. The second-order valence-electron chi connectivity index (χ2n) is 5.74. The number of urea groups is 1. The van der Waals surface area contributed by atoms with Crippen LogP contribution in [0.4, 0.5) is 4.79 Å². The fourth-order valence-electron chi connectivity index (χ4n) is 2.66. The lowest BCUT2D eigenvalue weighted by atomic mass is 10.1. The summed E-state index contributed by atoms with van der Waals surface area (Å²) in [5.74, 6) is 0. The summed E-state index contributed by atoms with van der Waals surface area (Å²) in [4.78, 5) is 18.7. The van der Waals surface area contributed by atoms with E-state index >= 15 is 0 Å². The zero-order valence-electron chi connectivity index (χ0n) is 11.6. The van der Waals surface area contributed by atoms with Gasteiger partial charge in [0.25, 0.3) is 0 Å². The van der Waals surface area contributed by atoms with Gasteiger partial charge in [0.2, 0.25) is 0 Å². The van der Waals surface area contributed by atoms with Crippen molar-refractivity contribution in [1.82, 2.24) is 14.7 Å². The van der Waals surface area contributed by atoms with Crippen LogP contribution in [0.3, 0.4) is 0 Å². The molecule has 4 heteroatoms. The van der Waals surface area contributed by atoms with Gasteiger partial charge in [-0.1, -0.05) is 0 Å². The van der Waals surface area contributed by atoms with E-state index in [-0.39, 0.29) is 11.6 Å². The fourth-order valence-corrected chi connectivity index (χ4v) is 2.66. The van der Waals surface area contributed by atoms with Crippen molar-refractivity contribution in [1.29, 1.82) is 0 Å². The van der Waals surface area contributed by atoms with Crippen molar-refractivity contribution in [2.75, 3.05) is 33.2 Å². The maximum Gasteiger partial charge on any atom is 0.320 e. The van der Waals surface area contributed by atoms with Gasteiger partial charge >= 0.3 is 6.03 Å². The Morgan fingerprint density at radius 1 is 1.35 bits per heavy atom. The molecule has 0 unspecified atom stereocenters. The van der Waals surface area contributed by atoms with Crippen LogP contribution in [0.25, 0.3) is 0 Å². The summed E-state index contributed by atoms with van der Waals surface area (Å²) >= 11 is 0. The van der Waals surface area contributed by atoms with Gasteiger partial charge < -0.3 is 9.80 Å². The Morgan fingerprint density at radius 3 is 2.47 bits per heavy atom. The van der Waals surface area contributed by atoms with Crippen molar-refractivity contribution < 1.29 is 4.79 Å². The SMILES string of the molecule is CCN(C)C(=O)N1CCN(C(C)C)CC12CC2. The van der Waals surface area contributed by atoms with E-state index in [9.17, 15) is 4.79 Å². The number of nitrogens with zero attached hydrogens (tertiary/aromatic N) is 3. The maximum absolute atomic E-state index is 12.3. The second kappa shape index (κ2) is 4.48. The molecule has 1 aliphatic carbocycles. The molecule has 2 fully saturated rings. The summed E-state index contributed by atoms with van der Waals surface area (Å²) in [5.41, 5.74) is 0.170. The van der Waals surface area contributed by atoms with Crippen molar-refractivity contribution in [2.24, 2.45) is 0 Å². The normalized spacial score (nSPS) is 23.2. The number of carbonyl (C=O) groups excluding carboxylic acids is 1. The number of hydrogen-bond donors (Lipinski definition) is 0. The summed E-state index contributed by atoms with van der Waals surface area (Å²) in [6.45, 7) is 10.3. The third kappa shape index (κ3) is 2.28. The summed E-state index contributed by atoms with van der Waals surface area (Å²) in [6.07, 6.45) is 2.36. The van der Waals surface area contributed by atoms with Crippen molar-refractivity contribution in [3.63, 3.8) is 0 Å². The minimum atomic E-state index is 0.170. The molecular formula is C13H25N3O. The molecule has 2 amide bonds. The molecule has 1 aliphatic heterocycles. The van der Waals surface area contributed by atoms with Crippen LogP contribution < -0.4 is 0 Å². The van der Waals surface area contributed by atoms with Gasteiger partial charge in [-0.2, -0.15) is 0 Å². The molecule has 0 atom stereocenters. The molecule has 0 radical (unpaired) electrons. The second-order valence-corrected chi connectivity index (χ2v) is 5.74. The average Bonchev–Trinajstić information content (AvgIpc) is 3.07. The van der Waals surface area contributed by atoms with E-state index in [0.717, 1.165) is 26.2 Å². The van der Waals surface area contributed by atoms with Crippen LogP contribution >= 0.6 is 0 Å². The molecule has 2 aliphatic rings. The van der Waals surface area contributed by atoms with Gasteiger partial charge in [-0.25, -0.2) is 4.79 Å². The summed E-state index contributed by atoms with van der Waals surface area (Å²) in [6, 6.07) is 0.807. The third-order valence-corrected chi connectivity index (χ3v) is 4.27. The Balaban J connectivity index is 2.04. The van der Waals surface area contributed by atoms with Gasteiger partial charge in [0, 0.05) is 39.3 Å². The monoisotopic (exact) mass is 239 g/mol. The summed E-state index contributed by atoms with van der Waals surface area (Å²) in [5, 5.41) is 0. The van der Waals surface area contributed by atoms with E-state index in [1.807, 2.05) is 18.9 Å². The van der Waals surface area contributed by atoms with Crippen molar-refractivity contribution in [3.8, 4) is 0 Å². The molecule has 4 nitrogen and oxygen atoms in total. The van der Waals surface area contributed by atoms with Gasteiger partial charge in [0.15, 0.2) is 0 Å². The highest BCUT2D eigenvalue weighted by Crippen LogP contribution is 2.44. The predicted octanol–water partition coefficient (Wildman–Crippen LogP) is 1.62. The van der Waals surface area contributed by atoms with E-state index < -0.39 is 0 Å². The molecule has 1 saturated heterocycles. The zero-order valence-corrected chi connectivity index (χ0v) is 11.6. The number of hydrogen-bond acceptors (Lipinski definition) is 2. The number of rotatable bonds is 2. The molecule has 98 valence electrons. The average molecular weight is 239 g/mol. The minimum absolute atomic E-state index is 0.170. The lowest BCUT2D eigenvalue weighted by Gasteiger charge is -2.44. The zero-order chi connectivity index (χ0) is 12.6. The molecule has 0 N–H and O–H groups in total. The first kappa shape index (κ1) is 12.7. The maximum atomic E-state index is 12.3. The Labute approximate surface area is 105 Å². The van der Waals surface area contributed by atoms with Gasteiger partial charge in [-0.3, -0.25) is 4.90 Å². The number of amides is 2. The summed E-state index contributed by atoms with van der Waals surface area (Å²) < 4.78 is 0. The first-order valence-electron chi connectivity index (χ1n) is 6.77. The topological polar surface area (TPSA) is 26.8 Å². The van der Waals surface area contributed by atoms with Crippen LogP contribution in [0.5, 0.6) is 0 Å². The molecule has 0 aromatic carbocycles. The van der Waals surface area contributed by atoms with Gasteiger partial charge in [0.1, 0.15) is 0 Å². The highest BCUT2D eigenvalue weighted by atomic mass is 16.2. The van der Waals surface area contributed by atoms with E-state index in [0.29, 0.717) is 6.04 Å². The molecular weight excluding hydrogens is 214 g/mol. The van der Waals surface area contributed by atoms with Crippen LogP contribution in [-0.4, -0.2) is 65.5 Å². The molecule has 1 saturated carbocycles.